The first-order valence-corrected chi connectivity index (χ1v) is 8.43. The Labute approximate surface area is 141 Å². The highest BCUT2D eigenvalue weighted by Crippen LogP contribution is 2.29. The number of hydrogen-bond acceptors (Lipinski definition) is 5. The summed E-state index contributed by atoms with van der Waals surface area (Å²) in [6.45, 7) is 4.97. The number of hydrogen-bond donors (Lipinski definition) is 1. The van der Waals surface area contributed by atoms with Crippen LogP contribution >= 0.6 is 0 Å². The Bertz CT molecular complexity index is 671. The third kappa shape index (κ3) is 3.72. The lowest BCUT2D eigenvalue weighted by molar-refractivity contribution is 0.149. The average Bonchev–Trinajstić information content (AvgIpc) is 3.10. The summed E-state index contributed by atoms with van der Waals surface area (Å²) in [6.07, 6.45) is 4.82. The molecule has 0 unspecified atom stereocenters. The Kier molecular flexibility index (Phi) is 5.08. The van der Waals surface area contributed by atoms with E-state index in [1.807, 2.05) is 36.9 Å². The van der Waals surface area contributed by atoms with Gasteiger partial charge in [-0.1, -0.05) is 25.1 Å². The Morgan fingerprint density at radius 2 is 2.29 bits per heavy atom. The fourth-order valence-electron chi connectivity index (χ4n) is 2.89. The van der Waals surface area contributed by atoms with E-state index in [4.69, 9.17) is 4.52 Å². The summed E-state index contributed by atoms with van der Waals surface area (Å²) in [5, 5.41) is 6.79. The van der Waals surface area contributed by atoms with Gasteiger partial charge in [0.15, 0.2) is 5.82 Å². The van der Waals surface area contributed by atoms with Crippen LogP contribution < -0.4 is 5.32 Å². The van der Waals surface area contributed by atoms with Gasteiger partial charge in [-0.2, -0.15) is 4.98 Å². The standard InChI is InChI=1S/C17H23N5O2/c1-12(2)16-20-15(21-24-16)11-19-17(23)22-10-6-4-8-14(22)13-7-3-5-9-18-13/h3,5,7,9,12,14H,4,6,8,10-11H2,1-2H3,(H,19,23)/t14-/m1/s1. The van der Waals surface area contributed by atoms with Crippen molar-refractivity contribution in [3.8, 4) is 0 Å². The monoisotopic (exact) mass is 329 g/mol. The van der Waals surface area contributed by atoms with Gasteiger partial charge in [0.2, 0.25) is 5.89 Å². The summed E-state index contributed by atoms with van der Waals surface area (Å²) in [4.78, 5) is 23.1. The molecule has 0 bridgehead atoms. The Hall–Kier alpha value is -2.44. The molecule has 7 nitrogen and oxygen atoms in total. The summed E-state index contributed by atoms with van der Waals surface area (Å²) in [7, 11) is 0. The maximum atomic E-state index is 12.6. The second-order valence-corrected chi connectivity index (χ2v) is 6.32. The summed E-state index contributed by atoms with van der Waals surface area (Å²) >= 11 is 0. The van der Waals surface area contributed by atoms with E-state index < -0.39 is 0 Å². The maximum absolute atomic E-state index is 12.6. The smallest absolute Gasteiger partial charge is 0.318 e. The second kappa shape index (κ2) is 7.42. The van der Waals surface area contributed by atoms with Crippen molar-refractivity contribution in [1.82, 2.24) is 25.3 Å². The van der Waals surface area contributed by atoms with E-state index in [1.165, 1.54) is 0 Å². The zero-order chi connectivity index (χ0) is 16.9. The predicted molar refractivity (Wildman–Crippen MR) is 88.2 cm³/mol. The maximum Gasteiger partial charge on any atom is 0.318 e. The van der Waals surface area contributed by atoms with Gasteiger partial charge in [0.05, 0.1) is 18.3 Å². The fourth-order valence-corrected chi connectivity index (χ4v) is 2.89. The van der Waals surface area contributed by atoms with Crippen LogP contribution in [0.2, 0.25) is 0 Å². The number of likely N-dealkylation sites (tertiary alicyclic amines) is 1. The number of carbonyl (C=O) groups is 1. The largest absolute Gasteiger partial charge is 0.339 e. The zero-order valence-corrected chi connectivity index (χ0v) is 14.1. The minimum Gasteiger partial charge on any atom is -0.339 e. The number of nitrogens with zero attached hydrogens (tertiary/aromatic N) is 4. The van der Waals surface area contributed by atoms with Gasteiger partial charge in [-0.25, -0.2) is 4.79 Å². The SMILES string of the molecule is CC(C)c1nc(CNC(=O)N2CCCC[C@@H]2c2ccccn2)no1. The number of amides is 2. The van der Waals surface area contributed by atoms with Gasteiger partial charge in [0, 0.05) is 18.7 Å². The Balaban J connectivity index is 1.63. The van der Waals surface area contributed by atoms with Crippen molar-refractivity contribution >= 4 is 6.03 Å². The molecule has 0 aliphatic carbocycles. The van der Waals surface area contributed by atoms with Crippen LogP contribution in [0.1, 0.15) is 62.5 Å². The first kappa shape index (κ1) is 16.4. The van der Waals surface area contributed by atoms with Crippen LogP contribution in [0.4, 0.5) is 4.79 Å². The second-order valence-electron chi connectivity index (χ2n) is 6.32. The van der Waals surface area contributed by atoms with E-state index in [-0.39, 0.29) is 24.5 Å². The van der Waals surface area contributed by atoms with Gasteiger partial charge >= 0.3 is 6.03 Å². The van der Waals surface area contributed by atoms with E-state index in [0.717, 1.165) is 31.5 Å². The molecule has 7 heteroatoms. The van der Waals surface area contributed by atoms with Crippen molar-refractivity contribution in [1.29, 1.82) is 0 Å². The fraction of sp³-hybridized carbons (Fsp3) is 0.529. The van der Waals surface area contributed by atoms with E-state index in [2.05, 4.69) is 20.4 Å². The van der Waals surface area contributed by atoms with Crippen molar-refractivity contribution in [3.63, 3.8) is 0 Å². The highest BCUT2D eigenvalue weighted by molar-refractivity contribution is 5.74. The third-order valence-corrected chi connectivity index (χ3v) is 4.17. The molecule has 0 aromatic carbocycles. The zero-order valence-electron chi connectivity index (χ0n) is 14.1. The normalized spacial score (nSPS) is 18.0. The summed E-state index contributed by atoms with van der Waals surface area (Å²) in [6, 6.07) is 5.74. The minimum absolute atomic E-state index is 0.0245. The molecular formula is C17H23N5O2. The molecule has 1 atom stereocenters. The topological polar surface area (TPSA) is 84.2 Å². The molecule has 1 aliphatic rings. The summed E-state index contributed by atoms with van der Waals surface area (Å²) < 4.78 is 5.16. The van der Waals surface area contributed by atoms with Gasteiger partial charge < -0.3 is 14.7 Å². The number of pyridine rings is 1. The Morgan fingerprint density at radius 1 is 1.42 bits per heavy atom. The van der Waals surface area contributed by atoms with Crippen molar-refractivity contribution in [2.75, 3.05) is 6.54 Å². The molecule has 2 aromatic heterocycles. The number of aromatic nitrogens is 3. The highest BCUT2D eigenvalue weighted by Gasteiger charge is 2.28. The number of carbonyl (C=O) groups excluding carboxylic acids is 1. The molecule has 3 heterocycles. The van der Waals surface area contributed by atoms with E-state index in [9.17, 15) is 4.79 Å². The molecule has 1 fully saturated rings. The van der Waals surface area contributed by atoms with Crippen LogP contribution in [0.15, 0.2) is 28.9 Å². The summed E-state index contributed by atoms with van der Waals surface area (Å²) in [5.41, 5.74) is 0.939. The number of urea groups is 1. The minimum atomic E-state index is -0.110. The quantitative estimate of drug-likeness (QED) is 0.932. The molecule has 1 saturated heterocycles. The number of rotatable bonds is 4. The molecule has 1 N–H and O–H groups in total. The number of piperidine rings is 1. The van der Waals surface area contributed by atoms with Crippen LogP contribution in [-0.2, 0) is 6.54 Å². The van der Waals surface area contributed by atoms with E-state index in [1.54, 1.807) is 6.20 Å². The molecule has 0 spiro atoms. The van der Waals surface area contributed by atoms with Crippen molar-refractivity contribution in [2.24, 2.45) is 0 Å². The predicted octanol–water partition coefficient (Wildman–Crippen LogP) is 3.02. The molecule has 24 heavy (non-hydrogen) atoms. The molecule has 2 amide bonds. The van der Waals surface area contributed by atoms with Crippen LogP contribution in [0, 0.1) is 0 Å². The van der Waals surface area contributed by atoms with Crippen molar-refractivity contribution in [3.05, 3.63) is 41.8 Å². The Morgan fingerprint density at radius 3 is 3.00 bits per heavy atom. The highest BCUT2D eigenvalue weighted by atomic mass is 16.5. The van der Waals surface area contributed by atoms with Crippen LogP contribution in [-0.4, -0.2) is 32.6 Å². The molecule has 2 aromatic rings. The van der Waals surface area contributed by atoms with Crippen LogP contribution in [0.5, 0.6) is 0 Å². The first-order valence-electron chi connectivity index (χ1n) is 8.43. The van der Waals surface area contributed by atoms with Crippen LogP contribution in [0.3, 0.4) is 0 Å². The first-order chi connectivity index (χ1) is 11.6. The summed E-state index contributed by atoms with van der Waals surface area (Å²) in [5.74, 6) is 1.26. The van der Waals surface area contributed by atoms with Gasteiger partial charge in [0.25, 0.3) is 0 Å². The lowest BCUT2D eigenvalue weighted by Crippen LogP contribution is -2.44. The average molecular weight is 329 g/mol. The van der Waals surface area contributed by atoms with Gasteiger partial charge in [-0.05, 0) is 31.4 Å². The molecular weight excluding hydrogens is 306 g/mol. The van der Waals surface area contributed by atoms with Gasteiger partial charge in [-0.3, -0.25) is 4.98 Å². The van der Waals surface area contributed by atoms with Crippen molar-refractivity contribution < 1.29 is 9.32 Å². The van der Waals surface area contributed by atoms with E-state index >= 15 is 0 Å². The molecule has 0 saturated carbocycles. The molecule has 128 valence electrons. The van der Waals surface area contributed by atoms with Gasteiger partial charge in [-0.15, -0.1) is 0 Å². The van der Waals surface area contributed by atoms with Gasteiger partial charge in [0.1, 0.15) is 0 Å². The molecule has 0 radical (unpaired) electrons. The molecule has 3 rings (SSSR count). The molecule has 1 aliphatic heterocycles. The number of nitrogens with one attached hydrogen (secondary N) is 1. The lowest BCUT2D eigenvalue weighted by Gasteiger charge is -2.35. The van der Waals surface area contributed by atoms with E-state index in [0.29, 0.717) is 11.7 Å². The lowest BCUT2D eigenvalue weighted by atomic mass is 9.99. The third-order valence-electron chi connectivity index (χ3n) is 4.17. The van der Waals surface area contributed by atoms with Crippen LogP contribution in [0.25, 0.3) is 0 Å². The van der Waals surface area contributed by atoms with Crippen molar-refractivity contribution in [2.45, 2.75) is 51.6 Å².